The van der Waals surface area contributed by atoms with Gasteiger partial charge in [-0.1, -0.05) is 127 Å². The van der Waals surface area contributed by atoms with Crippen molar-refractivity contribution in [3.05, 3.63) is 164 Å². The van der Waals surface area contributed by atoms with Crippen molar-refractivity contribution in [1.29, 1.82) is 0 Å². The molecule has 0 amide bonds. The third-order valence-electron chi connectivity index (χ3n) is 8.05. The van der Waals surface area contributed by atoms with Gasteiger partial charge in [0.05, 0.1) is 11.4 Å². The fourth-order valence-electron chi connectivity index (χ4n) is 6.07. The number of rotatable bonds is 5. The SMILES string of the molecule is c1ccc(-c2cccc(N(c3ccccc3-c3ccc4c(c3)sc3ccccc34)c3cccc4ccccc34)c2)cc1. The number of hydrogen-bond acceptors (Lipinski definition) is 2. The van der Waals surface area contributed by atoms with E-state index in [1.54, 1.807) is 0 Å². The molecular weight excluding hydrogens is 527 g/mol. The third-order valence-corrected chi connectivity index (χ3v) is 9.19. The van der Waals surface area contributed by atoms with E-state index in [2.05, 4.69) is 169 Å². The van der Waals surface area contributed by atoms with Crippen LogP contribution in [0.2, 0.25) is 0 Å². The topological polar surface area (TPSA) is 3.24 Å². The molecule has 0 atom stereocenters. The highest BCUT2D eigenvalue weighted by Crippen LogP contribution is 2.45. The van der Waals surface area contributed by atoms with Crippen LogP contribution in [0.15, 0.2) is 164 Å². The summed E-state index contributed by atoms with van der Waals surface area (Å²) in [7, 11) is 0. The van der Waals surface area contributed by atoms with E-state index in [-0.39, 0.29) is 0 Å². The van der Waals surface area contributed by atoms with Gasteiger partial charge in [0.2, 0.25) is 0 Å². The summed E-state index contributed by atoms with van der Waals surface area (Å²) in [5.41, 5.74) is 8.27. The molecule has 0 aliphatic carbocycles. The monoisotopic (exact) mass is 553 g/mol. The minimum atomic E-state index is 1.13. The lowest BCUT2D eigenvalue weighted by atomic mass is 9.98. The molecule has 0 saturated heterocycles. The second-order valence-electron chi connectivity index (χ2n) is 10.6. The van der Waals surface area contributed by atoms with Crippen molar-refractivity contribution >= 4 is 59.3 Å². The summed E-state index contributed by atoms with van der Waals surface area (Å²) < 4.78 is 2.64. The molecule has 0 saturated carbocycles. The van der Waals surface area contributed by atoms with Crippen molar-refractivity contribution in [1.82, 2.24) is 0 Å². The van der Waals surface area contributed by atoms with Crippen LogP contribution in [0.4, 0.5) is 17.1 Å². The predicted molar refractivity (Wildman–Crippen MR) is 182 cm³/mol. The molecule has 42 heavy (non-hydrogen) atoms. The molecule has 0 aliphatic heterocycles. The van der Waals surface area contributed by atoms with Crippen molar-refractivity contribution < 1.29 is 0 Å². The van der Waals surface area contributed by atoms with Crippen molar-refractivity contribution in [2.75, 3.05) is 4.90 Å². The predicted octanol–water partition coefficient (Wildman–Crippen LogP) is 12.0. The average molecular weight is 554 g/mol. The van der Waals surface area contributed by atoms with E-state index in [1.165, 1.54) is 53.2 Å². The van der Waals surface area contributed by atoms with Gasteiger partial charge in [0.15, 0.2) is 0 Å². The first-order valence-electron chi connectivity index (χ1n) is 14.3. The molecule has 0 N–H and O–H groups in total. The Balaban J connectivity index is 1.36. The molecular formula is C40H27NS. The zero-order valence-electron chi connectivity index (χ0n) is 22.9. The normalized spacial score (nSPS) is 11.3. The van der Waals surface area contributed by atoms with Gasteiger partial charge in [-0.2, -0.15) is 0 Å². The molecule has 198 valence electrons. The van der Waals surface area contributed by atoms with Crippen LogP contribution in [-0.2, 0) is 0 Å². The highest BCUT2D eigenvalue weighted by molar-refractivity contribution is 7.25. The van der Waals surface area contributed by atoms with Crippen molar-refractivity contribution in [3.8, 4) is 22.3 Å². The molecule has 2 heteroatoms. The Morgan fingerprint density at radius 3 is 1.98 bits per heavy atom. The molecule has 0 fully saturated rings. The molecule has 1 nitrogen and oxygen atoms in total. The maximum Gasteiger partial charge on any atom is 0.0540 e. The fourth-order valence-corrected chi connectivity index (χ4v) is 7.22. The van der Waals surface area contributed by atoms with E-state index < -0.39 is 0 Å². The minimum absolute atomic E-state index is 1.13. The van der Waals surface area contributed by atoms with E-state index in [4.69, 9.17) is 0 Å². The molecule has 8 aromatic rings. The third kappa shape index (κ3) is 4.25. The van der Waals surface area contributed by atoms with E-state index in [0.29, 0.717) is 0 Å². The summed E-state index contributed by atoms with van der Waals surface area (Å²) in [4.78, 5) is 2.43. The quantitative estimate of drug-likeness (QED) is 0.205. The number of nitrogens with zero attached hydrogens (tertiary/aromatic N) is 1. The van der Waals surface area contributed by atoms with Gasteiger partial charge < -0.3 is 4.90 Å². The molecule has 0 spiro atoms. The second-order valence-corrected chi connectivity index (χ2v) is 11.7. The second kappa shape index (κ2) is 10.3. The lowest BCUT2D eigenvalue weighted by Crippen LogP contribution is -2.11. The van der Waals surface area contributed by atoms with Crippen molar-refractivity contribution in [3.63, 3.8) is 0 Å². The molecule has 1 aromatic heterocycles. The summed E-state index contributed by atoms with van der Waals surface area (Å²) in [6, 6.07) is 59.2. The number of hydrogen-bond donors (Lipinski definition) is 0. The zero-order chi connectivity index (χ0) is 27.9. The van der Waals surface area contributed by atoms with E-state index in [1.807, 2.05) is 11.3 Å². The number of fused-ring (bicyclic) bond motifs is 4. The highest BCUT2D eigenvalue weighted by atomic mass is 32.1. The van der Waals surface area contributed by atoms with Crippen molar-refractivity contribution in [2.24, 2.45) is 0 Å². The molecule has 0 bridgehead atoms. The molecule has 7 aromatic carbocycles. The lowest BCUT2D eigenvalue weighted by molar-refractivity contribution is 1.30. The maximum atomic E-state index is 2.43. The van der Waals surface area contributed by atoms with Crippen LogP contribution in [0, 0.1) is 0 Å². The summed E-state index contributed by atoms with van der Waals surface area (Å²) in [5.74, 6) is 0. The van der Waals surface area contributed by atoms with Crippen LogP contribution in [0.3, 0.4) is 0 Å². The summed E-state index contributed by atoms with van der Waals surface area (Å²) in [6.07, 6.45) is 0. The van der Waals surface area contributed by atoms with E-state index in [9.17, 15) is 0 Å². The molecule has 0 radical (unpaired) electrons. The Labute approximate surface area is 249 Å². The molecule has 0 unspecified atom stereocenters. The van der Waals surface area contributed by atoms with Crippen LogP contribution < -0.4 is 4.90 Å². The van der Waals surface area contributed by atoms with Crippen LogP contribution in [0.5, 0.6) is 0 Å². The van der Waals surface area contributed by atoms with Gasteiger partial charge in [0.25, 0.3) is 0 Å². The lowest BCUT2D eigenvalue weighted by Gasteiger charge is -2.29. The molecule has 0 aliphatic rings. The van der Waals surface area contributed by atoms with Crippen LogP contribution in [0.1, 0.15) is 0 Å². The van der Waals surface area contributed by atoms with E-state index >= 15 is 0 Å². The first-order valence-corrected chi connectivity index (χ1v) is 15.1. The summed E-state index contributed by atoms with van der Waals surface area (Å²) >= 11 is 1.87. The number of anilines is 3. The van der Waals surface area contributed by atoms with Gasteiger partial charge in [-0.25, -0.2) is 0 Å². The first kappa shape index (κ1) is 24.6. The highest BCUT2D eigenvalue weighted by Gasteiger charge is 2.20. The summed E-state index contributed by atoms with van der Waals surface area (Å²) in [6.45, 7) is 0. The minimum Gasteiger partial charge on any atom is -0.309 e. The zero-order valence-corrected chi connectivity index (χ0v) is 23.8. The van der Waals surface area contributed by atoms with Crippen LogP contribution in [-0.4, -0.2) is 0 Å². The number of para-hydroxylation sites is 1. The smallest absolute Gasteiger partial charge is 0.0540 e. The van der Waals surface area contributed by atoms with Crippen molar-refractivity contribution in [2.45, 2.75) is 0 Å². The molecule has 8 rings (SSSR count). The Kier molecular flexibility index (Phi) is 6.05. The van der Waals surface area contributed by atoms with Gasteiger partial charge >= 0.3 is 0 Å². The van der Waals surface area contributed by atoms with Crippen LogP contribution >= 0.6 is 11.3 Å². The van der Waals surface area contributed by atoms with Gasteiger partial charge in [-0.3, -0.25) is 0 Å². The largest absolute Gasteiger partial charge is 0.309 e. The summed E-state index contributed by atoms with van der Waals surface area (Å²) in [5, 5.41) is 5.09. The van der Waals surface area contributed by atoms with Gasteiger partial charge in [0.1, 0.15) is 0 Å². The van der Waals surface area contributed by atoms with E-state index in [0.717, 1.165) is 17.1 Å². The Hall–Kier alpha value is -5.18. The molecule has 1 heterocycles. The Morgan fingerprint density at radius 1 is 0.381 bits per heavy atom. The van der Waals surface area contributed by atoms with Gasteiger partial charge in [0, 0.05) is 36.8 Å². The average Bonchev–Trinajstić information content (AvgIpc) is 3.44. The Morgan fingerprint density at radius 2 is 1.05 bits per heavy atom. The first-order chi connectivity index (χ1) is 20.8. The van der Waals surface area contributed by atoms with Gasteiger partial charge in [-0.05, 0) is 58.5 Å². The number of benzene rings is 7. The number of thiophene rings is 1. The maximum absolute atomic E-state index is 2.43. The van der Waals surface area contributed by atoms with Gasteiger partial charge in [-0.15, -0.1) is 11.3 Å². The standard InChI is InChI=1S/C40H27NS/c1-2-12-28(13-3-1)30-16-10-17-32(26-30)41(38-22-11-15-29-14-4-5-18-33(29)38)37-21-8-6-19-34(37)31-24-25-36-35-20-7-9-23-39(35)42-40(36)27-31/h1-27H. The fraction of sp³-hybridized carbons (Fsp3) is 0. The van der Waals surface area contributed by atoms with Crippen LogP contribution in [0.25, 0.3) is 53.2 Å². The Bertz CT molecular complexity index is 2200.